The summed E-state index contributed by atoms with van der Waals surface area (Å²) in [4.78, 5) is 0. The van der Waals surface area contributed by atoms with Crippen molar-refractivity contribution >= 4 is 5.69 Å². The summed E-state index contributed by atoms with van der Waals surface area (Å²) in [7, 11) is 0. The van der Waals surface area contributed by atoms with E-state index in [0.29, 0.717) is 12.8 Å². The second kappa shape index (κ2) is 6.01. The number of nitrogens with one attached hydrogen (secondary N) is 1. The van der Waals surface area contributed by atoms with Crippen LogP contribution in [-0.2, 0) is 6.42 Å². The molecule has 18 heavy (non-hydrogen) atoms. The standard InChI is InChI=1S/C15H20FNO/c1-2-3-4-5-13-10-14(18)9-11-8-12(16)6-7-15(11)17-13/h4-8,13-14,17-18H,2-3,9-10H2,1H3/b5-4+/t13-,14-/m0/s1. The average Bonchev–Trinajstić information content (AvgIpc) is 2.47. The van der Waals surface area contributed by atoms with Crippen molar-refractivity contribution in [1.29, 1.82) is 0 Å². The molecule has 98 valence electrons. The van der Waals surface area contributed by atoms with Crippen LogP contribution in [0.5, 0.6) is 0 Å². The third kappa shape index (κ3) is 3.33. The van der Waals surface area contributed by atoms with E-state index in [0.717, 1.165) is 24.1 Å². The third-order valence-electron chi connectivity index (χ3n) is 3.21. The molecule has 0 saturated carbocycles. The number of halogens is 1. The average molecular weight is 249 g/mol. The maximum Gasteiger partial charge on any atom is 0.123 e. The lowest BCUT2D eigenvalue weighted by Crippen LogP contribution is -2.21. The molecule has 0 fully saturated rings. The van der Waals surface area contributed by atoms with Gasteiger partial charge in [0.1, 0.15) is 5.82 Å². The van der Waals surface area contributed by atoms with Crippen LogP contribution >= 0.6 is 0 Å². The number of unbranched alkanes of at least 4 members (excludes halogenated alkanes) is 1. The molecule has 2 rings (SSSR count). The maximum atomic E-state index is 13.2. The van der Waals surface area contributed by atoms with Crippen molar-refractivity contribution in [2.45, 2.75) is 44.8 Å². The van der Waals surface area contributed by atoms with Gasteiger partial charge in [-0.1, -0.05) is 25.5 Å². The number of fused-ring (bicyclic) bond motifs is 1. The first-order chi connectivity index (χ1) is 8.69. The summed E-state index contributed by atoms with van der Waals surface area (Å²) < 4.78 is 13.2. The van der Waals surface area contributed by atoms with Crippen LogP contribution in [0.15, 0.2) is 30.4 Å². The molecule has 1 aromatic rings. The second-order valence-electron chi connectivity index (χ2n) is 4.86. The maximum absolute atomic E-state index is 13.2. The van der Waals surface area contributed by atoms with E-state index >= 15 is 0 Å². The van der Waals surface area contributed by atoms with Gasteiger partial charge in [-0.3, -0.25) is 0 Å². The molecular formula is C15H20FNO. The Balaban J connectivity index is 2.16. The Morgan fingerprint density at radius 1 is 1.50 bits per heavy atom. The summed E-state index contributed by atoms with van der Waals surface area (Å²) in [6, 6.07) is 4.84. The number of aliphatic hydroxyl groups is 1. The first kappa shape index (κ1) is 13.1. The van der Waals surface area contributed by atoms with E-state index in [1.807, 2.05) is 0 Å². The van der Waals surface area contributed by atoms with Gasteiger partial charge in [-0.25, -0.2) is 4.39 Å². The van der Waals surface area contributed by atoms with Crippen LogP contribution in [0.3, 0.4) is 0 Å². The Bertz CT molecular complexity index is 431. The quantitative estimate of drug-likeness (QED) is 0.806. The number of anilines is 1. The van der Waals surface area contributed by atoms with Gasteiger partial charge in [-0.15, -0.1) is 0 Å². The lowest BCUT2D eigenvalue weighted by molar-refractivity contribution is 0.165. The van der Waals surface area contributed by atoms with Crippen molar-refractivity contribution in [3.63, 3.8) is 0 Å². The number of hydrogen-bond acceptors (Lipinski definition) is 2. The van der Waals surface area contributed by atoms with Crippen molar-refractivity contribution in [3.05, 3.63) is 41.7 Å². The number of rotatable bonds is 3. The van der Waals surface area contributed by atoms with Crippen LogP contribution in [0.4, 0.5) is 10.1 Å². The zero-order chi connectivity index (χ0) is 13.0. The molecule has 0 aromatic heterocycles. The molecule has 0 spiro atoms. The second-order valence-corrected chi connectivity index (χ2v) is 4.86. The Morgan fingerprint density at radius 3 is 3.11 bits per heavy atom. The monoisotopic (exact) mass is 249 g/mol. The lowest BCUT2D eigenvalue weighted by atomic mass is 10.0. The minimum absolute atomic E-state index is 0.123. The van der Waals surface area contributed by atoms with Gasteiger partial charge in [-0.05, 0) is 36.6 Å². The van der Waals surface area contributed by atoms with Crippen molar-refractivity contribution < 1.29 is 9.50 Å². The van der Waals surface area contributed by atoms with Gasteiger partial charge >= 0.3 is 0 Å². The summed E-state index contributed by atoms with van der Waals surface area (Å²) in [5.74, 6) is -0.247. The number of hydrogen-bond donors (Lipinski definition) is 2. The lowest BCUT2D eigenvalue weighted by Gasteiger charge is -2.15. The van der Waals surface area contributed by atoms with Gasteiger partial charge in [0.25, 0.3) is 0 Å². The van der Waals surface area contributed by atoms with Crippen molar-refractivity contribution in [1.82, 2.24) is 0 Å². The van der Waals surface area contributed by atoms with Gasteiger partial charge in [0.15, 0.2) is 0 Å². The van der Waals surface area contributed by atoms with Gasteiger partial charge in [0.05, 0.1) is 6.10 Å². The fraction of sp³-hybridized carbons (Fsp3) is 0.467. The molecule has 1 aromatic carbocycles. The Hall–Kier alpha value is -1.35. The molecule has 0 saturated heterocycles. The number of benzene rings is 1. The molecule has 0 unspecified atom stereocenters. The molecule has 0 aliphatic carbocycles. The molecule has 2 nitrogen and oxygen atoms in total. The van der Waals surface area contributed by atoms with E-state index in [1.54, 1.807) is 6.07 Å². The van der Waals surface area contributed by atoms with Crippen molar-refractivity contribution in [3.8, 4) is 0 Å². The van der Waals surface area contributed by atoms with E-state index in [9.17, 15) is 9.50 Å². The van der Waals surface area contributed by atoms with Crippen molar-refractivity contribution in [2.75, 3.05) is 5.32 Å². The third-order valence-corrected chi connectivity index (χ3v) is 3.21. The zero-order valence-corrected chi connectivity index (χ0v) is 10.7. The summed E-state index contributed by atoms with van der Waals surface area (Å²) in [6.45, 7) is 2.14. The van der Waals surface area contributed by atoms with E-state index in [4.69, 9.17) is 0 Å². The minimum atomic E-state index is -0.420. The van der Waals surface area contributed by atoms with Crippen LogP contribution in [0.2, 0.25) is 0 Å². The molecule has 1 aliphatic heterocycles. The molecule has 0 amide bonds. The summed E-state index contributed by atoms with van der Waals surface area (Å²) >= 11 is 0. The summed E-state index contributed by atoms with van der Waals surface area (Å²) in [5.41, 5.74) is 1.79. The predicted molar refractivity (Wildman–Crippen MR) is 72.2 cm³/mol. The van der Waals surface area contributed by atoms with Crippen LogP contribution in [0, 0.1) is 5.82 Å². The molecule has 1 heterocycles. The van der Waals surface area contributed by atoms with Crippen LogP contribution < -0.4 is 5.32 Å². The highest BCUT2D eigenvalue weighted by atomic mass is 19.1. The van der Waals surface area contributed by atoms with Gasteiger partial charge in [0.2, 0.25) is 0 Å². The molecule has 1 aliphatic rings. The Labute approximate surface area is 108 Å². The topological polar surface area (TPSA) is 32.3 Å². The number of allylic oxidation sites excluding steroid dienone is 1. The first-order valence-electron chi connectivity index (χ1n) is 6.58. The molecule has 2 N–H and O–H groups in total. The van der Waals surface area contributed by atoms with Crippen LogP contribution in [0.25, 0.3) is 0 Å². The van der Waals surface area contributed by atoms with Crippen LogP contribution in [0.1, 0.15) is 31.7 Å². The van der Waals surface area contributed by atoms with Gasteiger partial charge in [0, 0.05) is 18.2 Å². The smallest absolute Gasteiger partial charge is 0.123 e. The van der Waals surface area contributed by atoms with Crippen LogP contribution in [-0.4, -0.2) is 17.3 Å². The van der Waals surface area contributed by atoms with E-state index in [2.05, 4.69) is 24.4 Å². The largest absolute Gasteiger partial charge is 0.393 e. The molecular weight excluding hydrogens is 229 g/mol. The van der Waals surface area contributed by atoms with Crippen molar-refractivity contribution in [2.24, 2.45) is 0 Å². The van der Waals surface area contributed by atoms with Gasteiger partial charge in [-0.2, -0.15) is 0 Å². The SMILES string of the molecule is CCC/C=C/[C@H]1C[C@@H](O)Cc2cc(F)ccc2N1. The molecule has 2 atom stereocenters. The molecule has 0 bridgehead atoms. The Morgan fingerprint density at radius 2 is 2.33 bits per heavy atom. The summed E-state index contributed by atoms with van der Waals surface area (Å²) in [6.07, 6.45) is 7.16. The van der Waals surface area contributed by atoms with E-state index < -0.39 is 6.10 Å². The predicted octanol–water partition coefficient (Wildman–Crippen LogP) is 3.27. The fourth-order valence-corrected chi connectivity index (χ4v) is 2.31. The highest BCUT2D eigenvalue weighted by Crippen LogP contribution is 2.25. The first-order valence-corrected chi connectivity index (χ1v) is 6.58. The molecule has 0 radical (unpaired) electrons. The normalized spacial score (nSPS) is 23.5. The minimum Gasteiger partial charge on any atom is -0.393 e. The van der Waals surface area contributed by atoms with Gasteiger partial charge < -0.3 is 10.4 Å². The summed E-state index contributed by atoms with van der Waals surface area (Å²) in [5, 5.41) is 13.3. The molecule has 3 heteroatoms. The zero-order valence-electron chi connectivity index (χ0n) is 10.7. The highest BCUT2D eigenvalue weighted by Gasteiger charge is 2.20. The Kier molecular flexibility index (Phi) is 4.37. The van der Waals surface area contributed by atoms with E-state index in [1.165, 1.54) is 12.1 Å². The van der Waals surface area contributed by atoms with E-state index in [-0.39, 0.29) is 11.9 Å². The highest BCUT2D eigenvalue weighted by molar-refractivity contribution is 5.54. The number of aliphatic hydroxyl groups excluding tert-OH is 1. The fourth-order valence-electron chi connectivity index (χ4n) is 2.31.